The van der Waals surface area contributed by atoms with Crippen LogP contribution in [0, 0.1) is 13.8 Å². The van der Waals surface area contributed by atoms with Gasteiger partial charge in [0.2, 0.25) is 0 Å². The van der Waals surface area contributed by atoms with E-state index in [1.54, 1.807) is 11.7 Å². The molecule has 0 fully saturated rings. The van der Waals surface area contributed by atoms with Gasteiger partial charge in [0.15, 0.2) is 0 Å². The molecule has 2 rings (SSSR count). The third-order valence-electron chi connectivity index (χ3n) is 3.41. The van der Waals surface area contributed by atoms with Crippen LogP contribution >= 0.6 is 0 Å². The average molecular weight is 291 g/mol. The van der Waals surface area contributed by atoms with Crippen LogP contribution in [0.15, 0.2) is 12.3 Å². The van der Waals surface area contributed by atoms with Gasteiger partial charge in [0, 0.05) is 25.8 Å². The number of aromatic carboxylic acids is 1. The Labute approximate surface area is 123 Å². The highest BCUT2D eigenvalue weighted by Gasteiger charge is 2.14. The highest BCUT2D eigenvalue weighted by atomic mass is 16.4. The minimum Gasteiger partial charge on any atom is -0.478 e. The molecule has 0 amide bonds. The van der Waals surface area contributed by atoms with Gasteiger partial charge in [0.1, 0.15) is 5.56 Å². The largest absolute Gasteiger partial charge is 0.478 e. The summed E-state index contributed by atoms with van der Waals surface area (Å²) in [5.74, 6) is -0.942. The third-order valence-corrected chi connectivity index (χ3v) is 3.41. The summed E-state index contributed by atoms with van der Waals surface area (Å²) in [6.45, 7) is 6.17. The molecule has 0 saturated heterocycles. The summed E-state index contributed by atoms with van der Waals surface area (Å²) in [6.07, 6.45) is 2.32. The van der Waals surface area contributed by atoms with Crippen molar-refractivity contribution in [2.75, 3.05) is 6.54 Å². The van der Waals surface area contributed by atoms with Gasteiger partial charge in [-0.05, 0) is 32.9 Å². The Bertz CT molecular complexity index is 629. The molecule has 0 aliphatic heterocycles. The summed E-state index contributed by atoms with van der Waals surface area (Å²) in [4.78, 5) is 11.1. The lowest BCUT2D eigenvalue weighted by molar-refractivity contribution is 0.0695. The molecule has 114 valence electrons. The fourth-order valence-electron chi connectivity index (χ4n) is 2.31. The van der Waals surface area contributed by atoms with Gasteiger partial charge in [-0.15, -0.1) is 0 Å². The van der Waals surface area contributed by atoms with Gasteiger partial charge in [0.05, 0.1) is 17.6 Å². The lowest BCUT2D eigenvalue weighted by Crippen LogP contribution is -2.20. The summed E-state index contributed by atoms with van der Waals surface area (Å²) >= 11 is 0. The smallest absolute Gasteiger partial charge is 0.339 e. The average Bonchev–Trinajstić information content (AvgIpc) is 2.93. The van der Waals surface area contributed by atoms with Crippen molar-refractivity contribution in [1.29, 1.82) is 0 Å². The summed E-state index contributed by atoms with van der Waals surface area (Å²) in [5, 5.41) is 20.7. The Morgan fingerprint density at radius 2 is 2.19 bits per heavy atom. The lowest BCUT2D eigenvalue weighted by atomic mass is 10.2. The number of aromatic nitrogens is 4. The van der Waals surface area contributed by atoms with E-state index in [4.69, 9.17) is 5.11 Å². The number of hydrogen-bond donors (Lipinski definition) is 2. The maximum absolute atomic E-state index is 11.1. The Morgan fingerprint density at radius 1 is 1.43 bits per heavy atom. The summed E-state index contributed by atoms with van der Waals surface area (Å²) in [6, 6.07) is 2.06. The topological polar surface area (TPSA) is 85.0 Å². The SMILES string of the molecule is Cc1cc(C)n(CCCNCc2c(C(=O)O)cnn2C)n1. The fraction of sp³-hybridized carbons (Fsp3) is 0.500. The summed E-state index contributed by atoms with van der Waals surface area (Å²) in [5.41, 5.74) is 3.13. The number of nitrogens with zero attached hydrogens (tertiary/aromatic N) is 4. The van der Waals surface area contributed by atoms with Crippen molar-refractivity contribution in [3.8, 4) is 0 Å². The molecule has 0 aromatic carbocycles. The van der Waals surface area contributed by atoms with Crippen LogP contribution in [0.25, 0.3) is 0 Å². The normalized spacial score (nSPS) is 11.0. The van der Waals surface area contributed by atoms with Gasteiger partial charge in [-0.25, -0.2) is 4.79 Å². The van der Waals surface area contributed by atoms with E-state index in [1.165, 1.54) is 6.20 Å². The molecule has 7 heteroatoms. The minimum atomic E-state index is -0.942. The fourth-order valence-corrected chi connectivity index (χ4v) is 2.31. The molecular formula is C14H21N5O2. The third kappa shape index (κ3) is 3.69. The number of carboxylic acid groups (broad SMARTS) is 1. The van der Waals surface area contributed by atoms with Crippen molar-refractivity contribution in [2.45, 2.75) is 33.4 Å². The van der Waals surface area contributed by atoms with E-state index in [9.17, 15) is 4.79 Å². The molecule has 0 spiro atoms. The van der Waals surface area contributed by atoms with Crippen LogP contribution in [-0.2, 0) is 20.1 Å². The number of rotatable bonds is 7. The predicted octanol–water partition coefficient (Wildman–Crippen LogP) is 1.11. The van der Waals surface area contributed by atoms with Crippen molar-refractivity contribution in [3.63, 3.8) is 0 Å². The first-order chi connectivity index (χ1) is 9.99. The molecule has 0 atom stereocenters. The van der Waals surface area contributed by atoms with Crippen molar-refractivity contribution in [1.82, 2.24) is 24.9 Å². The van der Waals surface area contributed by atoms with E-state index in [0.29, 0.717) is 12.2 Å². The van der Waals surface area contributed by atoms with E-state index >= 15 is 0 Å². The van der Waals surface area contributed by atoms with E-state index in [-0.39, 0.29) is 5.56 Å². The molecule has 2 N–H and O–H groups in total. The van der Waals surface area contributed by atoms with Gasteiger partial charge in [-0.1, -0.05) is 0 Å². The number of hydrogen-bond acceptors (Lipinski definition) is 4. The van der Waals surface area contributed by atoms with Crippen molar-refractivity contribution < 1.29 is 9.90 Å². The summed E-state index contributed by atoms with van der Waals surface area (Å²) in [7, 11) is 1.75. The van der Waals surface area contributed by atoms with E-state index < -0.39 is 5.97 Å². The molecule has 2 aromatic rings. The first-order valence-corrected chi connectivity index (χ1v) is 6.95. The predicted molar refractivity (Wildman–Crippen MR) is 78.2 cm³/mol. The standard InChI is InChI=1S/C14H21N5O2/c1-10-7-11(2)19(17-10)6-4-5-15-9-13-12(14(20)21)8-16-18(13)3/h7-8,15H,4-6,9H2,1-3H3,(H,20,21). The highest BCUT2D eigenvalue weighted by Crippen LogP contribution is 2.07. The molecule has 0 bridgehead atoms. The summed E-state index contributed by atoms with van der Waals surface area (Å²) < 4.78 is 3.58. The second kappa shape index (κ2) is 6.53. The van der Waals surface area contributed by atoms with Crippen LogP contribution < -0.4 is 5.32 Å². The van der Waals surface area contributed by atoms with Crippen LogP contribution in [-0.4, -0.2) is 37.2 Å². The Balaban J connectivity index is 1.79. The Morgan fingerprint density at radius 3 is 2.81 bits per heavy atom. The first-order valence-electron chi connectivity index (χ1n) is 6.95. The molecule has 0 unspecified atom stereocenters. The van der Waals surface area contributed by atoms with Crippen molar-refractivity contribution >= 4 is 5.97 Å². The molecule has 0 saturated carbocycles. The lowest BCUT2D eigenvalue weighted by Gasteiger charge is -2.07. The van der Waals surface area contributed by atoms with Gasteiger partial charge in [-0.3, -0.25) is 9.36 Å². The van der Waals surface area contributed by atoms with Crippen LogP contribution in [0.2, 0.25) is 0 Å². The molecule has 0 aliphatic carbocycles. The Kier molecular flexibility index (Phi) is 4.74. The van der Waals surface area contributed by atoms with Crippen molar-refractivity contribution in [3.05, 3.63) is 34.9 Å². The monoisotopic (exact) mass is 291 g/mol. The van der Waals surface area contributed by atoms with Crippen LogP contribution in [0.5, 0.6) is 0 Å². The van der Waals surface area contributed by atoms with Crippen LogP contribution in [0.1, 0.15) is 33.9 Å². The molecule has 0 radical (unpaired) electrons. The zero-order chi connectivity index (χ0) is 15.4. The van der Waals surface area contributed by atoms with Gasteiger partial charge < -0.3 is 10.4 Å². The number of aryl methyl sites for hydroxylation is 4. The molecule has 2 heterocycles. The van der Waals surface area contributed by atoms with Crippen LogP contribution in [0.4, 0.5) is 0 Å². The number of nitrogens with one attached hydrogen (secondary N) is 1. The number of carbonyl (C=O) groups is 1. The second-order valence-electron chi connectivity index (χ2n) is 5.11. The minimum absolute atomic E-state index is 0.253. The van der Waals surface area contributed by atoms with Crippen molar-refractivity contribution in [2.24, 2.45) is 7.05 Å². The molecule has 2 aromatic heterocycles. The molecule has 0 aliphatic rings. The zero-order valence-electron chi connectivity index (χ0n) is 12.6. The second-order valence-corrected chi connectivity index (χ2v) is 5.11. The van der Waals surface area contributed by atoms with Gasteiger partial charge >= 0.3 is 5.97 Å². The van der Waals surface area contributed by atoms with Crippen LogP contribution in [0.3, 0.4) is 0 Å². The van der Waals surface area contributed by atoms with E-state index in [1.807, 2.05) is 18.5 Å². The van der Waals surface area contributed by atoms with Gasteiger partial charge in [0.25, 0.3) is 0 Å². The number of carboxylic acids is 1. The quantitative estimate of drug-likeness (QED) is 0.747. The van der Waals surface area contributed by atoms with E-state index in [0.717, 1.165) is 30.9 Å². The zero-order valence-corrected chi connectivity index (χ0v) is 12.6. The molecule has 21 heavy (non-hydrogen) atoms. The highest BCUT2D eigenvalue weighted by molar-refractivity contribution is 5.88. The Hall–Kier alpha value is -2.15. The maximum atomic E-state index is 11.1. The molecule has 7 nitrogen and oxygen atoms in total. The maximum Gasteiger partial charge on any atom is 0.339 e. The molecular weight excluding hydrogens is 270 g/mol. The first kappa shape index (κ1) is 15.2. The van der Waals surface area contributed by atoms with E-state index in [2.05, 4.69) is 21.6 Å². The van der Waals surface area contributed by atoms with Gasteiger partial charge in [-0.2, -0.15) is 10.2 Å².